The van der Waals surface area contributed by atoms with Crippen molar-refractivity contribution in [1.82, 2.24) is 9.78 Å². The molecule has 2 aromatic carbocycles. The van der Waals surface area contributed by atoms with Crippen LogP contribution in [0.5, 0.6) is 0 Å². The van der Waals surface area contributed by atoms with E-state index in [1.165, 1.54) is 11.3 Å². The van der Waals surface area contributed by atoms with Crippen molar-refractivity contribution in [3.05, 3.63) is 65.3 Å². The maximum Gasteiger partial charge on any atom is 0.329 e. The zero-order chi connectivity index (χ0) is 23.9. The Morgan fingerprint density at radius 2 is 1.76 bits per heavy atom. The number of carbonyl (C=O) groups is 1. The van der Waals surface area contributed by atoms with Gasteiger partial charge in [-0.3, -0.25) is 4.68 Å². The lowest BCUT2D eigenvalue weighted by molar-refractivity contribution is -0.142. The number of hydrogen-bond acceptors (Lipinski definition) is 3. The number of nitrogens with zero attached hydrogens (tertiary/aromatic N) is 2. The average molecular weight is 481 g/mol. The molecule has 0 bridgehead atoms. The quantitative estimate of drug-likeness (QED) is 0.349. The van der Waals surface area contributed by atoms with Gasteiger partial charge in [-0.25, -0.2) is 4.79 Å². The molecule has 4 rings (SSSR count). The Morgan fingerprint density at radius 3 is 2.44 bits per heavy atom. The summed E-state index contributed by atoms with van der Waals surface area (Å²) in [7, 11) is 0. The SMILES string of the molecule is CCCc1c(-c2cccc(Cl)c2)c(-c2ccccc2)nn1CC1CCC(COCC(=O)O)CC1. The summed E-state index contributed by atoms with van der Waals surface area (Å²) in [5.74, 6) is 0.104. The van der Waals surface area contributed by atoms with Crippen LogP contribution in [-0.2, 0) is 22.5 Å². The third-order valence-corrected chi connectivity index (χ3v) is 6.92. The van der Waals surface area contributed by atoms with Crippen LogP contribution in [0.25, 0.3) is 22.4 Å². The van der Waals surface area contributed by atoms with Crippen LogP contribution in [0.1, 0.15) is 44.7 Å². The van der Waals surface area contributed by atoms with Crippen LogP contribution >= 0.6 is 11.6 Å². The summed E-state index contributed by atoms with van der Waals surface area (Å²) in [6.45, 7) is 3.45. The molecule has 180 valence electrons. The van der Waals surface area contributed by atoms with Crippen molar-refractivity contribution in [2.24, 2.45) is 11.8 Å². The molecule has 1 fully saturated rings. The fourth-order valence-electron chi connectivity index (χ4n) is 5.02. The van der Waals surface area contributed by atoms with Gasteiger partial charge in [0.1, 0.15) is 12.3 Å². The largest absolute Gasteiger partial charge is 0.480 e. The Morgan fingerprint density at radius 1 is 1.06 bits per heavy atom. The second-order valence-electron chi connectivity index (χ2n) is 9.27. The molecule has 0 aliphatic heterocycles. The minimum Gasteiger partial charge on any atom is -0.480 e. The van der Waals surface area contributed by atoms with Gasteiger partial charge in [0.25, 0.3) is 0 Å². The van der Waals surface area contributed by atoms with E-state index in [2.05, 4.69) is 41.9 Å². The Kier molecular flexibility index (Phi) is 8.41. The molecule has 34 heavy (non-hydrogen) atoms. The molecule has 5 nitrogen and oxygen atoms in total. The van der Waals surface area contributed by atoms with E-state index >= 15 is 0 Å². The third kappa shape index (κ3) is 6.08. The van der Waals surface area contributed by atoms with Crippen molar-refractivity contribution in [3.8, 4) is 22.4 Å². The van der Waals surface area contributed by atoms with E-state index in [1.54, 1.807) is 0 Å². The molecule has 6 heteroatoms. The smallest absolute Gasteiger partial charge is 0.329 e. The molecule has 1 N–H and O–H groups in total. The normalized spacial score (nSPS) is 18.2. The van der Waals surface area contributed by atoms with Crippen LogP contribution in [-0.4, -0.2) is 34.1 Å². The van der Waals surface area contributed by atoms with Gasteiger partial charge >= 0.3 is 5.97 Å². The molecular weight excluding hydrogens is 448 g/mol. The molecule has 3 aromatic rings. The Balaban J connectivity index is 1.59. The molecule has 0 radical (unpaired) electrons. The Labute approximate surface area is 206 Å². The minimum atomic E-state index is -0.902. The number of ether oxygens (including phenoxy) is 1. The van der Waals surface area contributed by atoms with Crippen LogP contribution in [0.2, 0.25) is 5.02 Å². The average Bonchev–Trinajstić information content (AvgIpc) is 3.19. The number of carboxylic acids is 1. The number of benzene rings is 2. The molecule has 1 aliphatic carbocycles. The zero-order valence-corrected chi connectivity index (χ0v) is 20.5. The van der Waals surface area contributed by atoms with Gasteiger partial charge in [-0.2, -0.15) is 5.10 Å². The molecule has 0 spiro atoms. The topological polar surface area (TPSA) is 64.4 Å². The first kappa shape index (κ1) is 24.5. The van der Waals surface area contributed by atoms with E-state index in [0.29, 0.717) is 18.4 Å². The second kappa shape index (κ2) is 11.7. The van der Waals surface area contributed by atoms with E-state index < -0.39 is 5.97 Å². The number of carboxylic acid groups (broad SMARTS) is 1. The maximum atomic E-state index is 10.7. The van der Waals surface area contributed by atoms with Crippen LogP contribution in [0, 0.1) is 11.8 Å². The first-order valence-electron chi connectivity index (χ1n) is 12.3. The van der Waals surface area contributed by atoms with Gasteiger partial charge in [-0.05, 0) is 61.6 Å². The summed E-state index contributed by atoms with van der Waals surface area (Å²) in [5.41, 5.74) is 5.71. The van der Waals surface area contributed by atoms with E-state index in [1.807, 2.05) is 24.3 Å². The highest BCUT2D eigenvalue weighted by Crippen LogP contribution is 2.38. The van der Waals surface area contributed by atoms with Crippen molar-refractivity contribution < 1.29 is 14.6 Å². The summed E-state index contributed by atoms with van der Waals surface area (Å²) in [5, 5.41) is 14.7. The number of aliphatic carboxylic acids is 1. The molecule has 1 saturated carbocycles. The second-order valence-corrected chi connectivity index (χ2v) is 9.71. The van der Waals surface area contributed by atoms with E-state index in [0.717, 1.165) is 66.9 Å². The Hall–Kier alpha value is -2.63. The van der Waals surface area contributed by atoms with Crippen LogP contribution in [0.3, 0.4) is 0 Å². The highest BCUT2D eigenvalue weighted by molar-refractivity contribution is 6.30. The van der Waals surface area contributed by atoms with Gasteiger partial charge in [0, 0.05) is 28.4 Å². The summed E-state index contributed by atoms with van der Waals surface area (Å²) in [6, 6.07) is 18.5. The highest BCUT2D eigenvalue weighted by atomic mass is 35.5. The van der Waals surface area contributed by atoms with Gasteiger partial charge in [-0.15, -0.1) is 0 Å². The van der Waals surface area contributed by atoms with Crippen LogP contribution in [0.4, 0.5) is 0 Å². The van der Waals surface area contributed by atoms with Crippen molar-refractivity contribution in [2.75, 3.05) is 13.2 Å². The molecule has 1 aromatic heterocycles. The number of aromatic nitrogens is 2. The van der Waals surface area contributed by atoms with E-state index in [-0.39, 0.29) is 6.61 Å². The summed E-state index contributed by atoms with van der Waals surface area (Å²) < 4.78 is 7.58. The summed E-state index contributed by atoms with van der Waals surface area (Å²) in [6.07, 6.45) is 6.36. The van der Waals surface area contributed by atoms with Gasteiger partial charge in [0.15, 0.2) is 0 Å². The number of rotatable bonds is 10. The first-order valence-corrected chi connectivity index (χ1v) is 12.6. The zero-order valence-electron chi connectivity index (χ0n) is 19.8. The summed E-state index contributed by atoms with van der Waals surface area (Å²) >= 11 is 6.38. The van der Waals surface area contributed by atoms with Gasteiger partial charge in [-0.1, -0.05) is 67.4 Å². The first-order chi connectivity index (χ1) is 16.5. The van der Waals surface area contributed by atoms with E-state index in [9.17, 15) is 4.79 Å². The molecular formula is C28H33ClN2O3. The molecule has 1 aliphatic rings. The van der Waals surface area contributed by atoms with E-state index in [4.69, 9.17) is 26.5 Å². The van der Waals surface area contributed by atoms with Gasteiger partial charge in [0.2, 0.25) is 0 Å². The van der Waals surface area contributed by atoms with Gasteiger partial charge in [0.05, 0.1) is 6.61 Å². The molecule has 0 saturated heterocycles. The van der Waals surface area contributed by atoms with Crippen LogP contribution < -0.4 is 0 Å². The predicted octanol–water partition coefficient (Wildman–Crippen LogP) is 6.73. The van der Waals surface area contributed by atoms with Crippen molar-refractivity contribution >= 4 is 17.6 Å². The Bertz CT molecular complexity index is 1090. The van der Waals surface area contributed by atoms with Crippen molar-refractivity contribution in [1.29, 1.82) is 0 Å². The molecule has 0 amide bonds. The predicted molar refractivity (Wildman–Crippen MR) is 136 cm³/mol. The minimum absolute atomic E-state index is 0.206. The third-order valence-electron chi connectivity index (χ3n) is 6.68. The monoisotopic (exact) mass is 480 g/mol. The lowest BCUT2D eigenvalue weighted by atomic mass is 9.82. The lowest BCUT2D eigenvalue weighted by Gasteiger charge is -2.28. The standard InChI is InChI=1S/C28H33ClN2O3/c1-2-7-25-27(23-10-6-11-24(29)16-23)28(22-8-4-3-5-9-22)30-31(25)17-20-12-14-21(15-13-20)18-34-19-26(32)33/h3-6,8-11,16,20-21H,2,7,12-15,17-19H2,1H3,(H,32,33). The number of hydrogen-bond donors (Lipinski definition) is 1. The fourth-order valence-corrected chi connectivity index (χ4v) is 5.21. The number of halogens is 1. The fraction of sp³-hybridized carbons (Fsp3) is 0.429. The van der Waals surface area contributed by atoms with Crippen molar-refractivity contribution in [2.45, 2.75) is 52.0 Å². The highest BCUT2D eigenvalue weighted by Gasteiger charge is 2.25. The molecule has 1 heterocycles. The maximum absolute atomic E-state index is 10.7. The van der Waals surface area contributed by atoms with Gasteiger partial charge < -0.3 is 9.84 Å². The van der Waals surface area contributed by atoms with Crippen molar-refractivity contribution in [3.63, 3.8) is 0 Å². The molecule has 0 unspecified atom stereocenters. The lowest BCUT2D eigenvalue weighted by Crippen LogP contribution is -2.23. The molecule has 0 atom stereocenters. The summed E-state index contributed by atoms with van der Waals surface area (Å²) in [4.78, 5) is 10.7. The van der Waals surface area contributed by atoms with Crippen LogP contribution in [0.15, 0.2) is 54.6 Å².